The van der Waals surface area contributed by atoms with Gasteiger partial charge in [0.15, 0.2) is 0 Å². The minimum Gasteiger partial charge on any atom is -0.345 e. The molecule has 0 fully saturated rings. The first-order valence-corrected chi connectivity index (χ1v) is 6.77. The average Bonchev–Trinajstić information content (AvgIpc) is 3.05. The van der Waals surface area contributed by atoms with Crippen LogP contribution in [0.25, 0.3) is 5.69 Å². The van der Waals surface area contributed by atoms with Crippen molar-refractivity contribution in [3.63, 3.8) is 0 Å². The zero-order valence-electron chi connectivity index (χ0n) is 12.2. The second-order valence-corrected chi connectivity index (χ2v) is 4.72. The zero-order valence-corrected chi connectivity index (χ0v) is 12.2. The molecule has 0 unspecified atom stereocenters. The van der Waals surface area contributed by atoms with Crippen LogP contribution in [-0.2, 0) is 13.6 Å². The van der Waals surface area contributed by atoms with Crippen molar-refractivity contribution in [1.29, 1.82) is 0 Å². The maximum absolute atomic E-state index is 12.0. The maximum atomic E-state index is 12.0. The van der Waals surface area contributed by atoms with E-state index in [-0.39, 0.29) is 23.7 Å². The van der Waals surface area contributed by atoms with Crippen molar-refractivity contribution in [2.24, 2.45) is 7.05 Å². The van der Waals surface area contributed by atoms with Crippen molar-refractivity contribution in [2.75, 3.05) is 0 Å². The topological polar surface area (TPSA) is 108 Å². The molecule has 9 nitrogen and oxygen atoms in total. The molecule has 1 N–H and O–H groups in total. The molecule has 0 aliphatic rings. The van der Waals surface area contributed by atoms with E-state index in [1.807, 2.05) is 0 Å². The largest absolute Gasteiger partial charge is 0.345 e. The highest BCUT2D eigenvalue weighted by molar-refractivity contribution is 5.91. The van der Waals surface area contributed by atoms with E-state index in [9.17, 15) is 9.59 Å². The van der Waals surface area contributed by atoms with Gasteiger partial charge >= 0.3 is 0 Å². The fourth-order valence-corrected chi connectivity index (χ4v) is 1.89. The number of hydrogen-bond acceptors (Lipinski definition) is 6. The van der Waals surface area contributed by atoms with Gasteiger partial charge in [0.25, 0.3) is 11.5 Å². The summed E-state index contributed by atoms with van der Waals surface area (Å²) in [6.45, 7) is 0.203. The molecule has 1 amide bonds. The number of aryl methyl sites for hydroxylation is 1. The molecule has 0 aliphatic heterocycles. The quantitative estimate of drug-likeness (QED) is 0.708. The van der Waals surface area contributed by atoms with Crippen LogP contribution >= 0.6 is 0 Å². The Labute approximate surface area is 130 Å². The highest BCUT2D eigenvalue weighted by atomic mass is 16.2. The summed E-state index contributed by atoms with van der Waals surface area (Å²) in [6.07, 6.45) is 5.03. The molecule has 3 aromatic heterocycles. The molecule has 3 heterocycles. The lowest BCUT2D eigenvalue weighted by molar-refractivity contribution is 0.0943. The minimum absolute atomic E-state index is 0.161. The number of nitrogens with zero attached hydrogens (tertiary/aromatic N) is 6. The number of carbonyl (C=O) groups is 1. The van der Waals surface area contributed by atoms with Crippen molar-refractivity contribution < 1.29 is 4.79 Å². The van der Waals surface area contributed by atoms with Crippen LogP contribution in [0.3, 0.4) is 0 Å². The van der Waals surface area contributed by atoms with Crippen LogP contribution in [-0.4, -0.2) is 35.7 Å². The van der Waals surface area contributed by atoms with Gasteiger partial charge in [-0.2, -0.15) is 5.10 Å². The van der Waals surface area contributed by atoms with Crippen LogP contribution in [0.5, 0.6) is 0 Å². The molecular formula is C14H13N7O2. The summed E-state index contributed by atoms with van der Waals surface area (Å²) in [4.78, 5) is 27.2. The van der Waals surface area contributed by atoms with Gasteiger partial charge in [-0.1, -0.05) is 5.21 Å². The van der Waals surface area contributed by atoms with Crippen molar-refractivity contribution >= 4 is 5.91 Å². The molecule has 3 rings (SSSR count). The van der Waals surface area contributed by atoms with Gasteiger partial charge in [0.1, 0.15) is 11.4 Å². The Morgan fingerprint density at radius 2 is 2.00 bits per heavy atom. The van der Waals surface area contributed by atoms with Gasteiger partial charge in [-0.25, -0.2) is 9.36 Å². The summed E-state index contributed by atoms with van der Waals surface area (Å²) in [6, 6.07) is 6.27. The second-order valence-electron chi connectivity index (χ2n) is 4.72. The van der Waals surface area contributed by atoms with Crippen LogP contribution < -0.4 is 10.9 Å². The number of pyridine rings is 1. The zero-order chi connectivity index (χ0) is 16.2. The lowest BCUT2D eigenvalue weighted by Gasteiger charge is -2.03. The van der Waals surface area contributed by atoms with Gasteiger partial charge in [0.05, 0.1) is 18.4 Å². The molecule has 0 spiro atoms. The Bertz CT molecular complexity index is 885. The number of carbonyl (C=O) groups excluding carboxylic acids is 1. The van der Waals surface area contributed by atoms with E-state index in [1.165, 1.54) is 19.2 Å². The number of hydrogen-bond donors (Lipinski definition) is 1. The fraction of sp³-hybridized carbons (Fsp3) is 0.143. The van der Waals surface area contributed by atoms with Crippen LogP contribution in [0.15, 0.2) is 47.7 Å². The van der Waals surface area contributed by atoms with E-state index < -0.39 is 0 Å². The van der Waals surface area contributed by atoms with Crippen molar-refractivity contribution in [3.05, 3.63) is 64.6 Å². The molecule has 0 aromatic carbocycles. The third-order valence-electron chi connectivity index (χ3n) is 3.09. The maximum Gasteiger partial charge on any atom is 0.272 e. The first-order chi connectivity index (χ1) is 11.1. The molecule has 0 aliphatic carbocycles. The van der Waals surface area contributed by atoms with E-state index in [0.717, 1.165) is 10.4 Å². The van der Waals surface area contributed by atoms with Gasteiger partial charge in [-0.05, 0) is 18.2 Å². The SMILES string of the molecule is Cn1nc(C(=O)NCc2cn(-c3ccncc3)nn2)ccc1=O. The third kappa shape index (κ3) is 3.28. The van der Waals surface area contributed by atoms with Gasteiger partial charge in [-0.15, -0.1) is 5.10 Å². The van der Waals surface area contributed by atoms with E-state index in [4.69, 9.17) is 0 Å². The van der Waals surface area contributed by atoms with E-state index in [1.54, 1.807) is 35.4 Å². The Morgan fingerprint density at radius 3 is 2.74 bits per heavy atom. The molecule has 0 saturated carbocycles. The lowest BCUT2D eigenvalue weighted by Crippen LogP contribution is -2.28. The molecule has 0 bridgehead atoms. The summed E-state index contributed by atoms with van der Waals surface area (Å²) >= 11 is 0. The van der Waals surface area contributed by atoms with E-state index in [2.05, 4.69) is 25.7 Å². The first-order valence-electron chi connectivity index (χ1n) is 6.77. The predicted octanol–water partition coefficient (Wildman–Crippen LogP) is -0.314. The molecule has 23 heavy (non-hydrogen) atoms. The Morgan fingerprint density at radius 1 is 1.22 bits per heavy atom. The number of aromatic nitrogens is 6. The molecule has 9 heteroatoms. The summed E-state index contributed by atoms with van der Waals surface area (Å²) < 4.78 is 2.70. The third-order valence-corrected chi connectivity index (χ3v) is 3.09. The van der Waals surface area contributed by atoms with Gasteiger partial charge in [-0.3, -0.25) is 14.6 Å². The highest BCUT2D eigenvalue weighted by Gasteiger charge is 2.10. The summed E-state index contributed by atoms with van der Waals surface area (Å²) in [5, 5.41) is 14.5. The normalized spacial score (nSPS) is 10.5. The summed E-state index contributed by atoms with van der Waals surface area (Å²) in [7, 11) is 1.49. The Kier molecular flexibility index (Phi) is 3.91. The standard InChI is InChI=1S/C14H13N7O2/c1-20-13(22)3-2-12(18-20)14(23)16-8-10-9-21(19-17-10)11-4-6-15-7-5-11/h2-7,9H,8H2,1H3,(H,16,23). The molecule has 0 radical (unpaired) electrons. The van der Waals surface area contributed by atoms with Gasteiger partial charge < -0.3 is 5.32 Å². The number of rotatable bonds is 4. The van der Waals surface area contributed by atoms with Crippen LogP contribution in [0.4, 0.5) is 0 Å². The molecule has 0 saturated heterocycles. The molecular weight excluding hydrogens is 298 g/mol. The van der Waals surface area contributed by atoms with Crippen LogP contribution in [0.2, 0.25) is 0 Å². The highest BCUT2D eigenvalue weighted by Crippen LogP contribution is 2.04. The minimum atomic E-state index is -0.390. The fourth-order valence-electron chi connectivity index (χ4n) is 1.89. The van der Waals surface area contributed by atoms with Crippen LogP contribution in [0, 0.1) is 0 Å². The monoisotopic (exact) mass is 311 g/mol. The van der Waals surface area contributed by atoms with Gasteiger partial charge in [0, 0.05) is 25.5 Å². The Hall–Kier alpha value is -3.36. The summed E-state index contributed by atoms with van der Waals surface area (Å²) in [5.74, 6) is -0.390. The van der Waals surface area contributed by atoms with Crippen LogP contribution in [0.1, 0.15) is 16.2 Å². The lowest BCUT2D eigenvalue weighted by atomic mass is 10.3. The summed E-state index contributed by atoms with van der Waals surface area (Å²) in [5.41, 5.74) is 1.31. The average molecular weight is 311 g/mol. The van der Waals surface area contributed by atoms with E-state index >= 15 is 0 Å². The number of amides is 1. The smallest absolute Gasteiger partial charge is 0.272 e. The van der Waals surface area contributed by atoms with Crippen molar-refractivity contribution in [1.82, 2.24) is 35.1 Å². The second kappa shape index (κ2) is 6.18. The molecule has 0 atom stereocenters. The predicted molar refractivity (Wildman–Crippen MR) is 79.8 cm³/mol. The first kappa shape index (κ1) is 14.6. The van der Waals surface area contributed by atoms with Gasteiger partial charge in [0.2, 0.25) is 0 Å². The Balaban J connectivity index is 1.66. The van der Waals surface area contributed by atoms with E-state index in [0.29, 0.717) is 5.69 Å². The van der Waals surface area contributed by atoms with Crippen molar-refractivity contribution in [2.45, 2.75) is 6.54 Å². The molecule has 116 valence electrons. The molecule has 3 aromatic rings. The van der Waals surface area contributed by atoms with Crippen molar-refractivity contribution in [3.8, 4) is 5.69 Å². The number of nitrogens with one attached hydrogen (secondary N) is 1.